The number of imidazole rings is 1. The number of rotatable bonds is 2. The van der Waals surface area contributed by atoms with Gasteiger partial charge in [0.25, 0.3) is 5.91 Å². The van der Waals surface area contributed by atoms with E-state index in [1.54, 1.807) is 36.4 Å². The molecular formula is C8H9N5O. The second kappa shape index (κ2) is 3.33. The van der Waals surface area contributed by atoms with Gasteiger partial charge in [-0.15, -0.1) is 0 Å². The number of aryl methyl sites for hydroxylation is 1. The van der Waals surface area contributed by atoms with Crippen LogP contribution in [-0.4, -0.2) is 25.7 Å². The summed E-state index contributed by atoms with van der Waals surface area (Å²) in [6.45, 7) is 0. The van der Waals surface area contributed by atoms with Gasteiger partial charge in [-0.2, -0.15) is 5.10 Å². The monoisotopic (exact) mass is 191 g/mol. The van der Waals surface area contributed by atoms with Gasteiger partial charge in [-0.3, -0.25) is 9.89 Å². The van der Waals surface area contributed by atoms with E-state index in [9.17, 15) is 4.79 Å². The van der Waals surface area contributed by atoms with Gasteiger partial charge >= 0.3 is 0 Å². The van der Waals surface area contributed by atoms with Gasteiger partial charge in [-0.1, -0.05) is 0 Å². The molecule has 1 amide bonds. The Morgan fingerprint density at radius 3 is 3.07 bits per heavy atom. The highest BCUT2D eigenvalue weighted by molar-refractivity contribution is 6.02. The zero-order chi connectivity index (χ0) is 9.97. The van der Waals surface area contributed by atoms with Crippen LogP contribution in [0.2, 0.25) is 0 Å². The topological polar surface area (TPSA) is 75.6 Å². The molecule has 0 aliphatic heterocycles. The van der Waals surface area contributed by atoms with Gasteiger partial charge in [-0.25, -0.2) is 4.98 Å². The number of amides is 1. The molecular weight excluding hydrogens is 182 g/mol. The van der Waals surface area contributed by atoms with Gasteiger partial charge in [0.2, 0.25) is 0 Å². The zero-order valence-electron chi connectivity index (χ0n) is 7.56. The molecule has 14 heavy (non-hydrogen) atoms. The van der Waals surface area contributed by atoms with Crippen LogP contribution in [0.15, 0.2) is 24.8 Å². The van der Waals surface area contributed by atoms with Gasteiger partial charge in [0, 0.05) is 19.3 Å². The van der Waals surface area contributed by atoms with Crippen LogP contribution in [0.1, 0.15) is 10.5 Å². The number of carbonyl (C=O) groups excluding carboxylic acids is 1. The Labute approximate surface area is 80.0 Å². The third kappa shape index (κ3) is 1.63. The van der Waals surface area contributed by atoms with Crippen LogP contribution in [-0.2, 0) is 7.05 Å². The van der Waals surface area contributed by atoms with E-state index >= 15 is 0 Å². The highest BCUT2D eigenvalue weighted by Gasteiger charge is 2.08. The minimum Gasteiger partial charge on any atom is -0.340 e. The summed E-state index contributed by atoms with van der Waals surface area (Å²) >= 11 is 0. The first-order chi connectivity index (χ1) is 6.75. The Bertz CT molecular complexity index is 430. The van der Waals surface area contributed by atoms with Crippen molar-refractivity contribution >= 4 is 11.7 Å². The number of nitrogens with one attached hydrogen (secondary N) is 2. The lowest BCUT2D eigenvalue weighted by molar-refractivity contribution is 0.102. The third-order valence-electron chi connectivity index (χ3n) is 1.69. The minimum absolute atomic E-state index is 0.255. The number of H-pyrrole nitrogens is 1. The molecule has 2 heterocycles. The molecule has 0 bridgehead atoms. The van der Waals surface area contributed by atoms with E-state index in [0.717, 1.165) is 0 Å². The molecule has 0 atom stereocenters. The van der Waals surface area contributed by atoms with E-state index in [-0.39, 0.29) is 5.91 Å². The van der Waals surface area contributed by atoms with Crippen LogP contribution < -0.4 is 5.32 Å². The molecule has 2 rings (SSSR count). The summed E-state index contributed by atoms with van der Waals surface area (Å²) < 4.78 is 1.71. The van der Waals surface area contributed by atoms with Crippen molar-refractivity contribution in [1.82, 2.24) is 19.7 Å². The first kappa shape index (κ1) is 8.49. The van der Waals surface area contributed by atoms with Crippen LogP contribution in [0.5, 0.6) is 0 Å². The average molecular weight is 191 g/mol. The van der Waals surface area contributed by atoms with Crippen molar-refractivity contribution in [2.45, 2.75) is 0 Å². The second-order valence-corrected chi connectivity index (χ2v) is 2.85. The number of aromatic amines is 1. The van der Waals surface area contributed by atoms with Crippen molar-refractivity contribution in [3.8, 4) is 0 Å². The first-order valence-electron chi connectivity index (χ1n) is 4.04. The quantitative estimate of drug-likeness (QED) is 0.721. The summed E-state index contributed by atoms with van der Waals surface area (Å²) in [7, 11) is 1.81. The number of carbonyl (C=O) groups is 1. The fourth-order valence-corrected chi connectivity index (χ4v) is 1.04. The van der Waals surface area contributed by atoms with E-state index in [1.807, 2.05) is 0 Å². The van der Waals surface area contributed by atoms with Crippen LogP contribution in [0, 0.1) is 0 Å². The van der Waals surface area contributed by atoms with Crippen molar-refractivity contribution in [1.29, 1.82) is 0 Å². The van der Waals surface area contributed by atoms with Crippen molar-refractivity contribution in [2.24, 2.45) is 7.05 Å². The molecule has 0 aromatic carbocycles. The summed E-state index contributed by atoms with van der Waals surface area (Å²) in [6, 6.07) is 1.67. The predicted octanol–water partition coefficient (Wildman–Crippen LogP) is 0.395. The molecule has 0 aliphatic rings. The van der Waals surface area contributed by atoms with Crippen molar-refractivity contribution < 1.29 is 4.79 Å². The average Bonchev–Trinajstić information content (AvgIpc) is 2.75. The maximum atomic E-state index is 11.5. The maximum Gasteiger partial charge on any atom is 0.276 e. The smallest absolute Gasteiger partial charge is 0.276 e. The van der Waals surface area contributed by atoms with E-state index in [1.165, 1.54) is 0 Å². The summed E-state index contributed by atoms with van der Waals surface area (Å²) in [4.78, 5) is 15.4. The summed E-state index contributed by atoms with van der Waals surface area (Å²) in [6.07, 6.45) is 4.78. The largest absolute Gasteiger partial charge is 0.340 e. The first-order valence-corrected chi connectivity index (χ1v) is 4.04. The highest BCUT2D eigenvalue weighted by atomic mass is 16.2. The Morgan fingerprint density at radius 1 is 1.64 bits per heavy atom. The number of hydrogen-bond acceptors (Lipinski definition) is 3. The van der Waals surface area contributed by atoms with Crippen molar-refractivity contribution in [2.75, 3.05) is 5.32 Å². The highest BCUT2D eigenvalue weighted by Crippen LogP contribution is 2.02. The Kier molecular flexibility index (Phi) is 2.02. The Hall–Kier alpha value is -2.11. The molecule has 72 valence electrons. The summed E-state index contributed by atoms with van der Waals surface area (Å²) in [5, 5.41) is 8.96. The van der Waals surface area contributed by atoms with Crippen molar-refractivity contribution in [3.05, 3.63) is 30.5 Å². The van der Waals surface area contributed by atoms with Crippen LogP contribution >= 0.6 is 0 Å². The maximum absolute atomic E-state index is 11.5. The molecule has 6 nitrogen and oxygen atoms in total. The zero-order valence-corrected chi connectivity index (χ0v) is 7.56. The SMILES string of the molecule is Cn1cnc(C(=O)Nc2ccn[nH]2)c1. The fraction of sp³-hybridized carbons (Fsp3) is 0.125. The van der Waals surface area contributed by atoms with E-state index < -0.39 is 0 Å². The summed E-state index contributed by atoms with van der Waals surface area (Å²) in [5.41, 5.74) is 0.377. The Morgan fingerprint density at radius 2 is 2.50 bits per heavy atom. The summed E-state index contributed by atoms with van der Waals surface area (Å²) in [5.74, 6) is 0.301. The molecule has 2 N–H and O–H groups in total. The lowest BCUT2D eigenvalue weighted by atomic mass is 10.4. The number of aromatic nitrogens is 4. The van der Waals surface area contributed by atoms with Gasteiger partial charge in [0.05, 0.1) is 12.5 Å². The van der Waals surface area contributed by atoms with E-state index in [2.05, 4.69) is 20.5 Å². The van der Waals surface area contributed by atoms with E-state index in [4.69, 9.17) is 0 Å². The molecule has 0 aliphatic carbocycles. The van der Waals surface area contributed by atoms with Crippen LogP contribution in [0.3, 0.4) is 0 Å². The molecule has 2 aromatic heterocycles. The molecule has 6 heteroatoms. The molecule has 0 saturated heterocycles. The molecule has 0 radical (unpaired) electrons. The molecule has 0 fully saturated rings. The van der Waals surface area contributed by atoms with Gasteiger partial charge in [0.15, 0.2) is 0 Å². The molecule has 2 aromatic rings. The standard InChI is InChI=1S/C8H9N5O/c1-13-4-6(9-5-13)8(14)11-7-2-3-10-12-7/h2-5H,1H3,(H2,10,11,12,14). The van der Waals surface area contributed by atoms with Gasteiger partial charge in [0.1, 0.15) is 11.5 Å². The normalized spacial score (nSPS) is 10.1. The minimum atomic E-state index is -0.255. The number of anilines is 1. The van der Waals surface area contributed by atoms with E-state index in [0.29, 0.717) is 11.5 Å². The fourth-order valence-electron chi connectivity index (χ4n) is 1.04. The molecule has 0 unspecified atom stereocenters. The number of hydrogen-bond donors (Lipinski definition) is 2. The molecule has 0 spiro atoms. The van der Waals surface area contributed by atoms with Gasteiger partial charge in [-0.05, 0) is 0 Å². The molecule has 0 saturated carbocycles. The number of nitrogens with zero attached hydrogens (tertiary/aromatic N) is 3. The lowest BCUT2D eigenvalue weighted by Gasteiger charge is -1.97. The van der Waals surface area contributed by atoms with Crippen LogP contribution in [0.4, 0.5) is 5.82 Å². The van der Waals surface area contributed by atoms with Gasteiger partial charge < -0.3 is 9.88 Å². The van der Waals surface area contributed by atoms with Crippen LogP contribution in [0.25, 0.3) is 0 Å². The lowest BCUT2D eigenvalue weighted by Crippen LogP contribution is -2.12. The Balaban J connectivity index is 2.10. The van der Waals surface area contributed by atoms with Crippen molar-refractivity contribution in [3.63, 3.8) is 0 Å². The second-order valence-electron chi connectivity index (χ2n) is 2.85. The third-order valence-corrected chi connectivity index (χ3v) is 1.69. The predicted molar refractivity (Wildman–Crippen MR) is 49.7 cm³/mol.